The molecule has 0 bridgehead atoms. The maximum atomic E-state index is 11.7. The number of carbonyl (C=O) groups is 1. The van der Waals surface area contributed by atoms with Crippen LogP contribution in [0.4, 0.5) is 0 Å². The average Bonchev–Trinajstić information content (AvgIpc) is 3.01. The zero-order chi connectivity index (χ0) is 12.1. The second-order valence-electron chi connectivity index (χ2n) is 4.65. The Morgan fingerprint density at radius 2 is 1.88 bits per heavy atom. The van der Waals surface area contributed by atoms with Gasteiger partial charge in [-0.05, 0) is 33.1 Å². The summed E-state index contributed by atoms with van der Waals surface area (Å²) in [7, 11) is 0. The van der Waals surface area contributed by atoms with Gasteiger partial charge in [-0.3, -0.25) is 4.79 Å². The molecule has 0 aromatic heterocycles. The first-order chi connectivity index (χ1) is 7.66. The molecule has 94 valence electrons. The van der Waals surface area contributed by atoms with Crippen LogP contribution >= 0.6 is 0 Å². The summed E-state index contributed by atoms with van der Waals surface area (Å²) in [5, 5.41) is 0. The molecule has 0 aromatic carbocycles. The fourth-order valence-corrected chi connectivity index (χ4v) is 2.01. The number of hydrogen-bond donors (Lipinski definition) is 0. The van der Waals surface area contributed by atoms with Gasteiger partial charge in [0.05, 0.1) is 12.2 Å². The van der Waals surface area contributed by atoms with Crippen LogP contribution in [0.2, 0.25) is 0 Å². The van der Waals surface area contributed by atoms with Gasteiger partial charge >= 0.3 is 0 Å². The van der Waals surface area contributed by atoms with E-state index in [-0.39, 0.29) is 12.2 Å². The molecule has 2 rings (SSSR count). The topological polar surface area (TPSA) is 29.5 Å². The third-order valence-electron chi connectivity index (χ3n) is 2.85. The number of nitrogens with zero attached hydrogens (tertiary/aromatic N) is 1. The summed E-state index contributed by atoms with van der Waals surface area (Å²) in [5.41, 5.74) is 0. The van der Waals surface area contributed by atoms with Crippen LogP contribution in [0.25, 0.3) is 0 Å². The van der Waals surface area contributed by atoms with Crippen LogP contribution in [0.5, 0.6) is 0 Å². The predicted octanol–water partition coefficient (Wildman–Crippen LogP) is 2.45. The van der Waals surface area contributed by atoms with E-state index in [2.05, 4.69) is 0 Å². The zero-order valence-electron chi connectivity index (χ0n) is 11.0. The molecular formula is C13H25NO2. The predicted molar refractivity (Wildman–Crippen MR) is 65.3 cm³/mol. The molecule has 1 amide bonds. The van der Waals surface area contributed by atoms with Crippen LogP contribution in [0.3, 0.4) is 0 Å². The summed E-state index contributed by atoms with van der Waals surface area (Å²) in [5.74, 6) is 0.715. The van der Waals surface area contributed by atoms with Crippen LogP contribution in [0.15, 0.2) is 0 Å². The molecule has 0 radical (unpaired) electrons. The maximum absolute atomic E-state index is 11.7. The van der Waals surface area contributed by atoms with Crippen molar-refractivity contribution in [2.75, 3.05) is 13.1 Å². The average molecular weight is 227 g/mol. The van der Waals surface area contributed by atoms with Gasteiger partial charge in [0.15, 0.2) is 0 Å². The zero-order valence-corrected chi connectivity index (χ0v) is 11.0. The summed E-state index contributed by atoms with van der Waals surface area (Å²) in [6.07, 6.45) is 3.76. The summed E-state index contributed by atoms with van der Waals surface area (Å²) in [6, 6.07) is 0. The highest BCUT2D eigenvalue weighted by Gasteiger charge is 2.36. The fraction of sp³-hybridized carbons (Fsp3) is 0.923. The SMILES string of the molecule is CC.CC(C)OC1CCN(C(=O)C2CC2)C1. The molecule has 0 spiro atoms. The lowest BCUT2D eigenvalue weighted by Gasteiger charge is -2.17. The first kappa shape index (κ1) is 13.5. The quantitative estimate of drug-likeness (QED) is 0.741. The van der Waals surface area contributed by atoms with Gasteiger partial charge in [0.2, 0.25) is 5.91 Å². The third kappa shape index (κ3) is 3.78. The van der Waals surface area contributed by atoms with Crippen molar-refractivity contribution in [2.24, 2.45) is 5.92 Å². The number of ether oxygens (including phenoxy) is 1. The molecule has 0 aromatic rings. The van der Waals surface area contributed by atoms with Crippen molar-refractivity contribution in [3.8, 4) is 0 Å². The summed E-state index contributed by atoms with van der Waals surface area (Å²) in [4.78, 5) is 13.7. The highest BCUT2D eigenvalue weighted by molar-refractivity contribution is 5.81. The lowest BCUT2D eigenvalue weighted by atomic mass is 10.3. The number of rotatable bonds is 3. The highest BCUT2D eigenvalue weighted by Crippen LogP contribution is 2.32. The molecule has 1 aliphatic carbocycles. The van der Waals surface area contributed by atoms with Gasteiger partial charge < -0.3 is 9.64 Å². The van der Waals surface area contributed by atoms with Crippen molar-refractivity contribution < 1.29 is 9.53 Å². The Hall–Kier alpha value is -0.570. The van der Waals surface area contributed by atoms with Gasteiger partial charge in [0, 0.05) is 19.0 Å². The third-order valence-corrected chi connectivity index (χ3v) is 2.85. The maximum Gasteiger partial charge on any atom is 0.225 e. The Labute approximate surface area is 99.1 Å². The fourth-order valence-electron chi connectivity index (χ4n) is 2.01. The Morgan fingerprint density at radius 1 is 1.25 bits per heavy atom. The Balaban J connectivity index is 0.000000606. The van der Waals surface area contributed by atoms with Gasteiger partial charge in [0.25, 0.3) is 0 Å². The molecule has 1 unspecified atom stereocenters. The molecule has 1 saturated heterocycles. The van der Waals surface area contributed by atoms with Crippen LogP contribution < -0.4 is 0 Å². The van der Waals surface area contributed by atoms with Gasteiger partial charge in [-0.25, -0.2) is 0 Å². The van der Waals surface area contributed by atoms with Gasteiger partial charge in [-0.15, -0.1) is 0 Å². The standard InChI is InChI=1S/C11H19NO2.C2H6/c1-8(2)14-10-5-6-12(7-10)11(13)9-3-4-9;1-2/h8-10H,3-7H2,1-2H3;1-2H3. The second-order valence-corrected chi connectivity index (χ2v) is 4.65. The Kier molecular flexibility index (Phi) is 5.26. The van der Waals surface area contributed by atoms with Crippen LogP contribution in [0.1, 0.15) is 47.0 Å². The number of likely N-dealkylation sites (tertiary alicyclic amines) is 1. The second kappa shape index (κ2) is 6.24. The van der Waals surface area contributed by atoms with Gasteiger partial charge in [-0.1, -0.05) is 13.8 Å². The van der Waals surface area contributed by atoms with Crippen LogP contribution in [-0.4, -0.2) is 36.1 Å². The van der Waals surface area contributed by atoms with Crippen molar-refractivity contribution in [1.29, 1.82) is 0 Å². The van der Waals surface area contributed by atoms with Gasteiger partial charge in [-0.2, -0.15) is 0 Å². The molecule has 0 N–H and O–H groups in total. The first-order valence-electron chi connectivity index (χ1n) is 6.61. The van der Waals surface area contributed by atoms with Crippen molar-refractivity contribution in [3.63, 3.8) is 0 Å². The minimum atomic E-state index is 0.274. The normalized spacial score (nSPS) is 24.3. The molecule has 3 nitrogen and oxygen atoms in total. The lowest BCUT2D eigenvalue weighted by molar-refractivity contribution is -0.132. The van der Waals surface area contributed by atoms with E-state index in [9.17, 15) is 4.79 Å². The van der Waals surface area contributed by atoms with E-state index in [4.69, 9.17) is 4.74 Å². The van der Waals surface area contributed by atoms with E-state index in [1.54, 1.807) is 0 Å². The monoisotopic (exact) mass is 227 g/mol. The van der Waals surface area contributed by atoms with Crippen molar-refractivity contribution in [2.45, 2.75) is 59.2 Å². The molecule has 1 saturated carbocycles. The molecule has 1 atom stereocenters. The number of hydrogen-bond acceptors (Lipinski definition) is 2. The van der Waals surface area contributed by atoms with Crippen molar-refractivity contribution in [3.05, 3.63) is 0 Å². The molecule has 3 heteroatoms. The molecule has 1 aliphatic heterocycles. The largest absolute Gasteiger partial charge is 0.374 e. The Bertz CT molecular complexity index is 224. The van der Waals surface area contributed by atoms with Crippen molar-refractivity contribution in [1.82, 2.24) is 4.90 Å². The summed E-state index contributed by atoms with van der Waals surface area (Å²) < 4.78 is 5.70. The molecule has 2 fully saturated rings. The van der Waals surface area contributed by atoms with Crippen LogP contribution in [-0.2, 0) is 9.53 Å². The van der Waals surface area contributed by atoms with Crippen LogP contribution in [0, 0.1) is 5.92 Å². The molecule has 1 heterocycles. The first-order valence-corrected chi connectivity index (χ1v) is 6.61. The molecule has 2 aliphatic rings. The van der Waals surface area contributed by atoms with E-state index < -0.39 is 0 Å². The minimum absolute atomic E-state index is 0.274. The van der Waals surface area contributed by atoms with E-state index in [1.165, 1.54) is 0 Å². The smallest absolute Gasteiger partial charge is 0.225 e. The van der Waals surface area contributed by atoms with E-state index in [0.717, 1.165) is 32.4 Å². The summed E-state index contributed by atoms with van der Waals surface area (Å²) >= 11 is 0. The molecular weight excluding hydrogens is 202 g/mol. The van der Waals surface area contributed by atoms with E-state index in [0.29, 0.717) is 11.8 Å². The Morgan fingerprint density at radius 3 is 2.38 bits per heavy atom. The minimum Gasteiger partial charge on any atom is -0.374 e. The summed E-state index contributed by atoms with van der Waals surface area (Å²) in [6.45, 7) is 9.80. The number of carbonyl (C=O) groups excluding carboxylic acids is 1. The van der Waals surface area contributed by atoms with Gasteiger partial charge in [0.1, 0.15) is 0 Å². The van der Waals surface area contributed by atoms with E-state index in [1.807, 2.05) is 32.6 Å². The number of amides is 1. The van der Waals surface area contributed by atoms with E-state index >= 15 is 0 Å². The molecule has 16 heavy (non-hydrogen) atoms. The van der Waals surface area contributed by atoms with Crippen molar-refractivity contribution >= 4 is 5.91 Å². The lowest BCUT2D eigenvalue weighted by Crippen LogP contribution is -2.31. The highest BCUT2D eigenvalue weighted by atomic mass is 16.5.